The Bertz CT molecular complexity index is 745. The van der Waals surface area contributed by atoms with E-state index < -0.39 is 0 Å². The van der Waals surface area contributed by atoms with Gasteiger partial charge in [-0.25, -0.2) is 4.98 Å². The third kappa shape index (κ3) is 1.79. The van der Waals surface area contributed by atoms with E-state index in [-0.39, 0.29) is 0 Å². The van der Waals surface area contributed by atoms with Gasteiger partial charge in [0.05, 0.1) is 4.88 Å². The van der Waals surface area contributed by atoms with E-state index in [2.05, 4.69) is 36.8 Å². The van der Waals surface area contributed by atoms with E-state index >= 15 is 0 Å². The Morgan fingerprint density at radius 1 is 1.33 bits per heavy atom. The number of aromatic nitrogens is 2. The zero-order valence-corrected chi connectivity index (χ0v) is 13.4. The van der Waals surface area contributed by atoms with E-state index in [9.17, 15) is 0 Å². The van der Waals surface area contributed by atoms with Crippen LogP contribution >= 0.6 is 43.2 Å². The first-order valence-electron chi connectivity index (χ1n) is 5.25. The van der Waals surface area contributed by atoms with Crippen molar-refractivity contribution in [3.63, 3.8) is 0 Å². The zero-order valence-electron chi connectivity index (χ0n) is 9.45. The molecule has 0 spiro atoms. The number of nitrogens with two attached hydrogens (primary N) is 1. The van der Waals surface area contributed by atoms with Crippen LogP contribution in [0.15, 0.2) is 32.7 Å². The largest absolute Gasteiger partial charge is 0.383 e. The van der Waals surface area contributed by atoms with Crippen LogP contribution in [0.5, 0.6) is 0 Å². The van der Waals surface area contributed by atoms with E-state index in [4.69, 9.17) is 5.73 Å². The van der Waals surface area contributed by atoms with Crippen molar-refractivity contribution >= 4 is 54.7 Å². The molecule has 18 heavy (non-hydrogen) atoms. The van der Waals surface area contributed by atoms with Gasteiger partial charge in [0, 0.05) is 15.1 Å². The number of hydrogen-bond acceptors (Lipinski definition) is 3. The number of thiophene rings is 1. The summed E-state index contributed by atoms with van der Waals surface area (Å²) in [5.74, 6) is 0.661. The highest BCUT2D eigenvalue weighted by molar-refractivity contribution is 9.11. The number of nitrogens with zero attached hydrogens (tertiary/aromatic N) is 2. The fourth-order valence-corrected chi connectivity index (χ4v) is 3.69. The second-order valence-corrected chi connectivity index (χ2v) is 6.60. The highest BCUT2D eigenvalue weighted by atomic mass is 79.9. The molecule has 0 aliphatic heterocycles. The summed E-state index contributed by atoms with van der Waals surface area (Å²) in [7, 11) is 0. The average Bonchev–Trinajstić information content (AvgIpc) is 2.86. The van der Waals surface area contributed by atoms with Gasteiger partial charge >= 0.3 is 0 Å². The molecule has 3 rings (SSSR count). The van der Waals surface area contributed by atoms with Crippen molar-refractivity contribution < 1.29 is 0 Å². The summed E-state index contributed by atoms with van der Waals surface area (Å²) in [6.45, 7) is 2.04. The number of imidazole rings is 1. The van der Waals surface area contributed by atoms with Gasteiger partial charge in [-0.1, -0.05) is 0 Å². The normalized spacial score (nSPS) is 11.3. The van der Waals surface area contributed by atoms with Crippen molar-refractivity contribution in [1.29, 1.82) is 0 Å². The Hall–Kier alpha value is -0.850. The third-order valence-corrected chi connectivity index (χ3v) is 5.45. The topological polar surface area (TPSA) is 43.3 Å². The number of rotatable bonds is 1. The Balaban J connectivity index is 2.33. The lowest BCUT2D eigenvalue weighted by Crippen LogP contribution is -1.94. The minimum absolute atomic E-state index is 0.661. The van der Waals surface area contributed by atoms with Crippen LogP contribution in [0.1, 0.15) is 5.56 Å². The maximum absolute atomic E-state index is 6.18. The summed E-state index contributed by atoms with van der Waals surface area (Å²) < 4.78 is 3.95. The van der Waals surface area contributed by atoms with Gasteiger partial charge < -0.3 is 5.73 Å². The van der Waals surface area contributed by atoms with E-state index in [1.165, 1.54) is 0 Å². The predicted octanol–water partition coefficient (Wildman–Crippen LogP) is 4.48. The van der Waals surface area contributed by atoms with Gasteiger partial charge in [0.25, 0.3) is 0 Å². The van der Waals surface area contributed by atoms with E-state index in [1.54, 1.807) is 11.3 Å². The van der Waals surface area contributed by atoms with Crippen molar-refractivity contribution in [3.8, 4) is 10.6 Å². The van der Waals surface area contributed by atoms with Gasteiger partial charge in [-0.15, -0.1) is 11.3 Å². The van der Waals surface area contributed by atoms with Gasteiger partial charge in [0.1, 0.15) is 17.2 Å². The summed E-state index contributed by atoms with van der Waals surface area (Å²) in [5.41, 5.74) is 9.02. The van der Waals surface area contributed by atoms with Gasteiger partial charge in [-0.05, 0) is 61.9 Å². The molecule has 92 valence electrons. The summed E-state index contributed by atoms with van der Waals surface area (Å²) in [6, 6.07) is 4.02. The quantitative estimate of drug-likeness (QED) is 0.670. The van der Waals surface area contributed by atoms with Gasteiger partial charge in [-0.2, -0.15) is 0 Å². The number of nitrogen functional groups attached to an aromatic ring is 1. The van der Waals surface area contributed by atoms with Crippen molar-refractivity contribution in [3.05, 3.63) is 38.2 Å². The molecule has 0 aliphatic rings. The van der Waals surface area contributed by atoms with Crippen LogP contribution in [0.3, 0.4) is 0 Å². The molecule has 0 saturated carbocycles. The smallest absolute Gasteiger partial charge is 0.139 e. The van der Waals surface area contributed by atoms with Crippen LogP contribution in [-0.4, -0.2) is 9.38 Å². The predicted molar refractivity (Wildman–Crippen MR) is 83.1 cm³/mol. The molecular weight excluding hydrogens is 378 g/mol. The number of hydrogen-bond donors (Lipinski definition) is 1. The summed E-state index contributed by atoms with van der Waals surface area (Å²) in [6.07, 6.45) is 1.96. The van der Waals surface area contributed by atoms with E-state index in [0.29, 0.717) is 5.82 Å². The Kier molecular flexibility index (Phi) is 2.96. The molecule has 0 saturated heterocycles. The van der Waals surface area contributed by atoms with Crippen molar-refractivity contribution in [2.24, 2.45) is 0 Å². The highest BCUT2D eigenvalue weighted by Crippen LogP contribution is 2.37. The van der Waals surface area contributed by atoms with Crippen LogP contribution in [0.4, 0.5) is 5.82 Å². The molecule has 3 aromatic heterocycles. The molecule has 0 aliphatic carbocycles. The minimum atomic E-state index is 0.661. The van der Waals surface area contributed by atoms with Crippen molar-refractivity contribution in [2.75, 3.05) is 5.73 Å². The molecule has 0 unspecified atom stereocenters. The standard InChI is InChI=1S/C12H9Br2N3S/c1-6-4-9-16-10(11-7(13)2-3-18-11)12(15)17(9)5-8(6)14/h2-5H,15H2,1H3. The van der Waals surface area contributed by atoms with Crippen LogP contribution in [0, 0.1) is 6.92 Å². The first-order valence-corrected chi connectivity index (χ1v) is 7.71. The first kappa shape index (κ1) is 12.2. The minimum Gasteiger partial charge on any atom is -0.383 e. The molecule has 6 heteroatoms. The molecule has 0 amide bonds. The molecule has 0 aromatic carbocycles. The number of fused-ring (bicyclic) bond motifs is 1. The maximum atomic E-state index is 6.18. The molecular formula is C12H9Br2N3S. The molecule has 0 atom stereocenters. The van der Waals surface area contributed by atoms with Crippen molar-refractivity contribution in [1.82, 2.24) is 9.38 Å². The second kappa shape index (κ2) is 4.36. The lowest BCUT2D eigenvalue weighted by molar-refractivity contribution is 1.16. The third-order valence-electron chi connectivity index (χ3n) is 2.77. The van der Waals surface area contributed by atoms with E-state index in [1.807, 2.05) is 35.0 Å². The van der Waals surface area contributed by atoms with Gasteiger partial charge in [-0.3, -0.25) is 4.40 Å². The monoisotopic (exact) mass is 385 g/mol. The molecule has 2 N–H and O–H groups in total. The molecule has 3 heterocycles. The van der Waals surface area contributed by atoms with Gasteiger partial charge in [0.2, 0.25) is 0 Å². The molecule has 3 nitrogen and oxygen atoms in total. The van der Waals surface area contributed by atoms with Gasteiger partial charge in [0.15, 0.2) is 0 Å². The first-order chi connectivity index (χ1) is 8.58. The van der Waals surface area contributed by atoms with Crippen LogP contribution in [0.2, 0.25) is 0 Å². The fourth-order valence-electron chi connectivity index (χ4n) is 1.81. The summed E-state index contributed by atoms with van der Waals surface area (Å²) >= 11 is 8.66. The maximum Gasteiger partial charge on any atom is 0.139 e. The fraction of sp³-hybridized carbons (Fsp3) is 0.0833. The molecule has 3 aromatic rings. The van der Waals surface area contributed by atoms with Crippen LogP contribution in [-0.2, 0) is 0 Å². The Morgan fingerprint density at radius 3 is 2.78 bits per heavy atom. The lowest BCUT2D eigenvalue weighted by Gasteiger charge is -2.01. The SMILES string of the molecule is Cc1cc2nc(-c3sccc3Br)c(N)n2cc1Br. The lowest BCUT2D eigenvalue weighted by atomic mass is 10.3. The number of pyridine rings is 1. The molecule has 0 fully saturated rings. The van der Waals surface area contributed by atoms with Crippen molar-refractivity contribution in [2.45, 2.75) is 6.92 Å². The summed E-state index contributed by atoms with van der Waals surface area (Å²) in [5, 5.41) is 2.02. The second-order valence-electron chi connectivity index (χ2n) is 3.98. The highest BCUT2D eigenvalue weighted by Gasteiger charge is 2.15. The Labute approximate surface area is 125 Å². The van der Waals surface area contributed by atoms with Crippen LogP contribution in [0.25, 0.3) is 16.2 Å². The number of aryl methyl sites for hydroxylation is 1. The molecule has 0 radical (unpaired) electrons. The van der Waals surface area contributed by atoms with E-state index in [0.717, 1.165) is 30.7 Å². The molecule has 0 bridgehead atoms. The number of anilines is 1. The number of halogens is 2. The summed E-state index contributed by atoms with van der Waals surface area (Å²) in [4.78, 5) is 5.68. The Morgan fingerprint density at radius 2 is 2.11 bits per heavy atom. The van der Waals surface area contributed by atoms with Crippen LogP contribution < -0.4 is 5.73 Å². The zero-order chi connectivity index (χ0) is 12.9. The average molecular weight is 387 g/mol.